The van der Waals surface area contributed by atoms with Gasteiger partial charge in [-0.25, -0.2) is 0 Å². The van der Waals surface area contributed by atoms with Crippen LogP contribution >= 0.6 is 12.2 Å². The van der Waals surface area contributed by atoms with E-state index in [0.29, 0.717) is 0 Å². The van der Waals surface area contributed by atoms with Crippen molar-refractivity contribution < 1.29 is 0 Å². The molecule has 0 unspecified atom stereocenters. The molecule has 0 nitrogen and oxygen atoms in total. The van der Waals surface area contributed by atoms with Gasteiger partial charge in [0.05, 0.1) is 0 Å². The number of hydrogen-bond donors (Lipinski definition) is 0. The Morgan fingerprint density at radius 2 is 2.33 bits per heavy atom. The minimum absolute atomic E-state index is 1.06. The van der Waals surface area contributed by atoms with E-state index >= 15 is 0 Å². The lowest BCUT2D eigenvalue weighted by molar-refractivity contribution is 1.23. The van der Waals surface area contributed by atoms with Gasteiger partial charge >= 0.3 is 0 Å². The van der Waals surface area contributed by atoms with Gasteiger partial charge in [-0.1, -0.05) is 17.8 Å². The van der Waals surface area contributed by atoms with E-state index in [1.807, 2.05) is 6.08 Å². The number of hydrogen-bond acceptors (Lipinski definition) is 1. The molecule has 0 bridgehead atoms. The van der Waals surface area contributed by atoms with Gasteiger partial charge in [0.25, 0.3) is 0 Å². The maximum absolute atomic E-state index is 4.78. The highest BCUT2D eigenvalue weighted by atomic mass is 32.1. The minimum atomic E-state index is 1.06. The molecule has 1 heteroatoms. The molecule has 0 radical (unpaired) electrons. The Morgan fingerprint density at radius 1 is 1.83 bits per heavy atom. The van der Waals surface area contributed by atoms with E-state index in [9.17, 15) is 0 Å². The number of rotatable bonds is 0. The second kappa shape index (κ2) is 1.16. The predicted molar refractivity (Wildman–Crippen MR) is 31.0 cm³/mol. The van der Waals surface area contributed by atoms with E-state index in [4.69, 9.17) is 12.2 Å². The Labute approximate surface area is 42.9 Å². The molecule has 0 spiro atoms. The van der Waals surface area contributed by atoms with Crippen LogP contribution in [0.1, 0.15) is 13.3 Å². The second-order valence-electron chi connectivity index (χ2n) is 1.63. The molecule has 1 aliphatic rings. The third-order valence-corrected chi connectivity index (χ3v) is 1.12. The fraction of sp³-hybridized carbons (Fsp3) is 0.400. The molecular formula is C5H6S. The fourth-order valence-corrected chi connectivity index (χ4v) is 0.949. The molecule has 0 aromatic carbocycles. The first-order chi connectivity index (χ1) is 2.79. The van der Waals surface area contributed by atoms with Crippen molar-refractivity contribution in [1.82, 2.24) is 0 Å². The molecule has 0 fully saturated rings. The first-order valence-corrected chi connectivity index (χ1v) is 2.40. The largest absolute Gasteiger partial charge is 0.0846 e. The van der Waals surface area contributed by atoms with E-state index in [2.05, 4.69) is 6.92 Å². The third kappa shape index (κ3) is 0.500. The van der Waals surface area contributed by atoms with Gasteiger partial charge in [-0.3, -0.25) is 0 Å². The number of thiocarbonyl (C=S) groups is 1. The fourth-order valence-electron chi connectivity index (χ4n) is 0.521. The van der Waals surface area contributed by atoms with Crippen LogP contribution in [0.2, 0.25) is 0 Å². The highest BCUT2D eigenvalue weighted by Gasteiger charge is 2.03. The van der Waals surface area contributed by atoms with Crippen molar-refractivity contribution in [3.05, 3.63) is 11.6 Å². The topological polar surface area (TPSA) is 0 Å². The average molecular weight is 98.2 g/mol. The Kier molecular flexibility index (Phi) is 0.771. The molecule has 0 saturated carbocycles. The van der Waals surface area contributed by atoms with Crippen molar-refractivity contribution in [1.29, 1.82) is 0 Å². The molecule has 0 amide bonds. The van der Waals surface area contributed by atoms with E-state index in [-0.39, 0.29) is 0 Å². The smallest absolute Gasteiger partial charge is 0.0192 e. The standard InChI is InChI=1S/C5H6S/c1-4-2-5(6)3-4/h2H,3H2,1H3. The first kappa shape index (κ1) is 4.00. The van der Waals surface area contributed by atoms with Crippen molar-refractivity contribution >= 4 is 17.1 Å². The molecule has 1 aliphatic carbocycles. The van der Waals surface area contributed by atoms with E-state index in [1.165, 1.54) is 5.57 Å². The van der Waals surface area contributed by atoms with Crippen LogP contribution < -0.4 is 0 Å². The van der Waals surface area contributed by atoms with Gasteiger partial charge in [-0.05, 0) is 13.0 Å². The second-order valence-corrected chi connectivity index (χ2v) is 2.16. The first-order valence-electron chi connectivity index (χ1n) is 1.99. The van der Waals surface area contributed by atoms with Crippen LogP contribution in [0, 0.1) is 0 Å². The van der Waals surface area contributed by atoms with Crippen LogP contribution in [-0.4, -0.2) is 4.86 Å². The quantitative estimate of drug-likeness (QED) is 0.415. The van der Waals surface area contributed by atoms with Gasteiger partial charge in [0, 0.05) is 11.3 Å². The van der Waals surface area contributed by atoms with Gasteiger partial charge in [-0.15, -0.1) is 0 Å². The molecule has 1 rings (SSSR count). The lowest BCUT2D eigenvalue weighted by atomic mass is 10.0. The molecule has 0 atom stereocenters. The maximum atomic E-state index is 4.78. The van der Waals surface area contributed by atoms with Crippen LogP contribution in [0.4, 0.5) is 0 Å². The molecule has 0 N–H and O–H groups in total. The third-order valence-electron chi connectivity index (χ3n) is 0.860. The van der Waals surface area contributed by atoms with E-state index < -0.39 is 0 Å². The predicted octanol–water partition coefficient (Wildman–Crippen LogP) is 1.71. The van der Waals surface area contributed by atoms with Crippen molar-refractivity contribution in [3.63, 3.8) is 0 Å². The zero-order valence-electron chi connectivity index (χ0n) is 3.69. The van der Waals surface area contributed by atoms with Crippen LogP contribution in [0.25, 0.3) is 0 Å². The normalized spacial score (nSPS) is 19.5. The molecule has 0 heterocycles. The van der Waals surface area contributed by atoms with Gasteiger partial charge in [-0.2, -0.15) is 0 Å². The van der Waals surface area contributed by atoms with Gasteiger partial charge < -0.3 is 0 Å². The monoisotopic (exact) mass is 98.0 g/mol. The summed E-state index contributed by atoms with van der Waals surface area (Å²) in [6, 6.07) is 0. The summed E-state index contributed by atoms with van der Waals surface area (Å²) < 4.78 is 0. The van der Waals surface area contributed by atoms with Crippen LogP contribution in [0.5, 0.6) is 0 Å². The molecule has 6 heavy (non-hydrogen) atoms. The van der Waals surface area contributed by atoms with Crippen molar-refractivity contribution in [2.45, 2.75) is 13.3 Å². The summed E-state index contributed by atoms with van der Waals surface area (Å²) in [7, 11) is 0. The SMILES string of the molecule is CC1=CC(=S)C1. The zero-order chi connectivity index (χ0) is 4.57. The maximum Gasteiger partial charge on any atom is 0.0192 e. The summed E-state index contributed by atoms with van der Waals surface area (Å²) in [5, 5.41) is 0. The van der Waals surface area contributed by atoms with Gasteiger partial charge in [0.15, 0.2) is 0 Å². The summed E-state index contributed by atoms with van der Waals surface area (Å²) in [5.74, 6) is 0. The molecule has 0 aromatic rings. The van der Waals surface area contributed by atoms with Crippen LogP contribution in [0.15, 0.2) is 11.6 Å². The van der Waals surface area contributed by atoms with Crippen molar-refractivity contribution in [2.75, 3.05) is 0 Å². The lowest BCUT2D eigenvalue weighted by Gasteiger charge is -2.08. The summed E-state index contributed by atoms with van der Waals surface area (Å²) in [4.78, 5) is 1.10. The summed E-state index contributed by atoms with van der Waals surface area (Å²) in [5.41, 5.74) is 1.42. The molecule has 0 saturated heterocycles. The Hall–Kier alpha value is -0.170. The van der Waals surface area contributed by atoms with Crippen molar-refractivity contribution in [2.24, 2.45) is 0 Å². The summed E-state index contributed by atoms with van der Waals surface area (Å²) in [6.45, 7) is 2.09. The molecule has 32 valence electrons. The Bertz CT molecular complexity index is 111. The van der Waals surface area contributed by atoms with Gasteiger partial charge in [0.1, 0.15) is 0 Å². The Morgan fingerprint density at radius 3 is 2.33 bits per heavy atom. The minimum Gasteiger partial charge on any atom is -0.0846 e. The van der Waals surface area contributed by atoms with Crippen LogP contribution in [0.3, 0.4) is 0 Å². The van der Waals surface area contributed by atoms with E-state index in [1.54, 1.807) is 0 Å². The average Bonchev–Trinajstić information content (AvgIpc) is 1.33. The van der Waals surface area contributed by atoms with Gasteiger partial charge in [0.2, 0.25) is 0 Å². The highest BCUT2D eigenvalue weighted by Crippen LogP contribution is 2.13. The highest BCUT2D eigenvalue weighted by molar-refractivity contribution is 7.80. The summed E-state index contributed by atoms with van der Waals surface area (Å²) in [6.07, 6.45) is 3.10. The van der Waals surface area contributed by atoms with E-state index in [0.717, 1.165) is 11.3 Å². The molecule has 0 aromatic heterocycles. The zero-order valence-corrected chi connectivity index (χ0v) is 4.51. The van der Waals surface area contributed by atoms with Crippen molar-refractivity contribution in [3.8, 4) is 0 Å². The number of allylic oxidation sites excluding steroid dienone is 2. The molecule has 0 aliphatic heterocycles. The summed E-state index contributed by atoms with van der Waals surface area (Å²) >= 11 is 4.78. The lowest BCUT2D eigenvalue weighted by Crippen LogP contribution is -2.01. The van der Waals surface area contributed by atoms with Crippen LogP contribution in [-0.2, 0) is 0 Å². The molecular weight excluding hydrogens is 92.1 g/mol. The Balaban J connectivity index is 2.68.